The summed E-state index contributed by atoms with van der Waals surface area (Å²) in [4.78, 5) is 18.9. The van der Waals surface area contributed by atoms with Gasteiger partial charge in [0.2, 0.25) is 5.82 Å². The lowest BCUT2D eigenvalue weighted by atomic mass is 10.1. The van der Waals surface area contributed by atoms with Crippen LogP contribution in [0.5, 0.6) is 0 Å². The van der Waals surface area contributed by atoms with E-state index in [4.69, 9.17) is 4.74 Å². The van der Waals surface area contributed by atoms with Crippen LogP contribution in [0.25, 0.3) is 10.9 Å². The zero-order chi connectivity index (χ0) is 23.3. The predicted octanol–water partition coefficient (Wildman–Crippen LogP) is -0.172. The zero-order valence-electron chi connectivity index (χ0n) is 20.2. The number of nitrogens with one attached hydrogen (secondary N) is 3. The molecule has 182 valence electrons. The first kappa shape index (κ1) is 23.1. The highest BCUT2D eigenvalue weighted by atomic mass is 16.5. The number of tetrazole rings is 1. The van der Waals surface area contributed by atoms with Crippen LogP contribution in [-0.4, -0.2) is 64.6 Å². The molecule has 1 saturated heterocycles. The number of morpholine rings is 1. The van der Waals surface area contributed by atoms with Crippen molar-refractivity contribution in [3.8, 4) is 0 Å². The molecule has 3 N–H and O–H groups in total. The first-order valence-electron chi connectivity index (χ1n) is 12.8. The quantitative estimate of drug-likeness (QED) is 0.406. The number of quaternary nitrogens is 2. The van der Waals surface area contributed by atoms with Crippen LogP contribution in [0.1, 0.15) is 55.1 Å². The van der Waals surface area contributed by atoms with E-state index in [1.165, 1.54) is 23.3 Å². The van der Waals surface area contributed by atoms with Crippen LogP contribution in [-0.2, 0) is 17.8 Å². The third-order valence-electron chi connectivity index (χ3n) is 7.42. The Hall–Kier alpha value is -2.62. The zero-order valence-corrected chi connectivity index (χ0v) is 20.2. The molecular weight excluding hydrogens is 430 g/mol. The predicted molar refractivity (Wildman–Crippen MR) is 129 cm³/mol. The molecule has 0 bridgehead atoms. The van der Waals surface area contributed by atoms with Gasteiger partial charge in [-0.15, -0.1) is 5.10 Å². The number of hydrogen-bond acceptors (Lipinski definition) is 5. The lowest BCUT2D eigenvalue weighted by molar-refractivity contribution is -0.939. The van der Waals surface area contributed by atoms with Crippen molar-refractivity contribution in [2.45, 2.75) is 58.2 Å². The average Bonchev–Trinajstić information content (AvgIpc) is 3.52. The SMILES string of the molecule is Cc1ccc2[nH]c(=O)c(C[NH+](CCC[NH+]3CCOCC3)Cc3nnnn3C3CCCC3)cc2c1. The van der Waals surface area contributed by atoms with E-state index in [1.807, 2.05) is 16.8 Å². The van der Waals surface area contributed by atoms with E-state index in [-0.39, 0.29) is 5.56 Å². The number of fused-ring (bicyclic) bond motifs is 1. The monoisotopic (exact) mass is 467 g/mol. The maximum Gasteiger partial charge on any atom is 0.257 e. The Bertz CT molecular complexity index is 1150. The van der Waals surface area contributed by atoms with Crippen LogP contribution in [0.15, 0.2) is 29.1 Å². The minimum Gasteiger partial charge on any atom is -0.370 e. The van der Waals surface area contributed by atoms with E-state index in [2.05, 4.69) is 39.6 Å². The number of aromatic amines is 1. The standard InChI is InChI=1S/C25H35N7O2/c1-19-7-8-23-20(15-19)16-21(25(33)26-23)17-31(10-4-9-30-11-13-34-14-12-30)18-24-27-28-29-32(24)22-5-2-3-6-22/h7-8,15-16,22H,2-6,9-14,17-18H2,1H3,(H,26,33)/p+2. The number of H-pyrrole nitrogens is 1. The van der Waals surface area contributed by atoms with Gasteiger partial charge in [0, 0.05) is 11.9 Å². The molecule has 1 aromatic carbocycles. The molecule has 1 aliphatic heterocycles. The largest absolute Gasteiger partial charge is 0.370 e. The van der Waals surface area contributed by atoms with Crippen molar-refractivity contribution in [1.82, 2.24) is 25.2 Å². The third kappa shape index (κ3) is 5.54. The molecule has 0 amide bonds. The van der Waals surface area contributed by atoms with Gasteiger partial charge in [0.25, 0.3) is 5.56 Å². The number of aromatic nitrogens is 5. The van der Waals surface area contributed by atoms with Gasteiger partial charge in [-0.05, 0) is 53.8 Å². The number of ether oxygens (including phenoxy) is 1. The molecule has 1 unspecified atom stereocenters. The Labute approximate surface area is 200 Å². The maximum absolute atomic E-state index is 12.9. The Kier molecular flexibility index (Phi) is 7.32. The second kappa shape index (κ2) is 10.8. The summed E-state index contributed by atoms with van der Waals surface area (Å²) in [6.07, 6.45) is 5.89. The van der Waals surface area contributed by atoms with Crippen molar-refractivity contribution in [2.24, 2.45) is 0 Å². The molecule has 9 nitrogen and oxygen atoms in total. The van der Waals surface area contributed by atoms with Gasteiger partial charge in [-0.3, -0.25) is 4.79 Å². The normalized spacial score (nSPS) is 18.6. The Morgan fingerprint density at radius 2 is 2.00 bits per heavy atom. The van der Waals surface area contributed by atoms with Crippen LogP contribution < -0.4 is 15.4 Å². The van der Waals surface area contributed by atoms with E-state index >= 15 is 0 Å². The first-order valence-corrected chi connectivity index (χ1v) is 12.8. The van der Waals surface area contributed by atoms with Gasteiger partial charge in [-0.2, -0.15) is 0 Å². The van der Waals surface area contributed by atoms with Gasteiger partial charge in [-0.25, -0.2) is 4.68 Å². The van der Waals surface area contributed by atoms with Crippen molar-refractivity contribution in [3.05, 3.63) is 51.6 Å². The summed E-state index contributed by atoms with van der Waals surface area (Å²) in [7, 11) is 0. The van der Waals surface area contributed by atoms with Crippen molar-refractivity contribution >= 4 is 10.9 Å². The van der Waals surface area contributed by atoms with Gasteiger partial charge in [0.1, 0.15) is 26.2 Å². The molecule has 5 rings (SSSR count). The molecule has 3 heterocycles. The average molecular weight is 468 g/mol. The molecule has 2 aliphatic rings. The van der Waals surface area contributed by atoms with Gasteiger partial charge in [-0.1, -0.05) is 24.5 Å². The lowest BCUT2D eigenvalue weighted by Crippen LogP contribution is -3.15. The summed E-state index contributed by atoms with van der Waals surface area (Å²) >= 11 is 0. The molecule has 2 aromatic heterocycles. The fraction of sp³-hybridized carbons (Fsp3) is 0.600. The summed E-state index contributed by atoms with van der Waals surface area (Å²) in [5.74, 6) is 0.939. The first-order chi connectivity index (χ1) is 16.7. The second-order valence-electron chi connectivity index (χ2n) is 10.0. The van der Waals surface area contributed by atoms with E-state index in [9.17, 15) is 4.79 Å². The minimum absolute atomic E-state index is 0.00282. The number of pyridine rings is 1. The van der Waals surface area contributed by atoms with Crippen LogP contribution in [0, 0.1) is 6.92 Å². The highest BCUT2D eigenvalue weighted by Gasteiger charge is 2.25. The highest BCUT2D eigenvalue weighted by Crippen LogP contribution is 2.28. The summed E-state index contributed by atoms with van der Waals surface area (Å²) in [6.45, 7) is 9.46. The van der Waals surface area contributed by atoms with Crippen LogP contribution >= 0.6 is 0 Å². The van der Waals surface area contributed by atoms with Crippen LogP contribution in [0.2, 0.25) is 0 Å². The Balaban J connectivity index is 1.34. The van der Waals surface area contributed by atoms with E-state index in [1.54, 1.807) is 4.90 Å². The fourth-order valence-corrected chi connectivity index (χ4v) is 5.49. The van der Waals surface area contributed by atoms with Gasteiger partial charge >= 0.3 is 0 Å². The summed E-state index contributed by atoms with van der Waals surface area (Å²) in [6, 6.07) is 8.63. The Morgan fingerprint density at radius 1 is 1.18 bits per heavy atom. The molecule has 9 heteroatoms. The van der Waals surface area contributed by atoms with Gasteiger partial charge in [0.05, 0.1) is 37.9 Å². The highest BCUT2D eigenvalue weighted by molar-refractivity contribution is 5.79. The summed E-state index contributed by atoms with van der Waals surface area (Å²) < 4.78 is 7.56. The van der Waals surface area contributed by atoms with E-state index in [0.717, 1.165) is 87.5 Å². The number of hydrogen-bond donors (Lipinski definition) is 3. The van der Waals surface area contributed by atoms with Gasteiger partial charge < -0.3 is 19.5 Å². The molecule has 1 atom stereocenters. The van der Waals surface area contributed by atoms with Gasteiger partial charge in [0.15, 0.2) is 0 Å². The number of nitrogens with zero attached hydrogens (tertiary/aromatic N) is 4. The van der Waals surface area contributed by atoms with E-state index < -0.39 is 0 Å². The minimum atomic E-state index is 0.00282. The molecule has 1 saturated carbocycles. The molecule has 0 radical (unpaired) electrons. The van der Waals surface area contributed by atoms with Crippen molar-refractivity contribution in [2.75, 3.05) is 39.4 Å². The molecule has 3 aromatic rings. The summed E-state index contributed by atoms with van der Waals surface area (Å²) in [5, 5.41) is 13.8. The summed E-state index contributed by atoms with van der Waals surface area (Å²) in [5.41, 5.74) is 2.91. The number of rotatable bonds is 9. The van der Waals surface area contributed by atoms with Crippen LogP contribution in [0.4, 0.5) is 0 Å². The topological polar surface area (TPSA) is 94.6 Å². The molecular formula is C25H37N7O2+2. The number of benzene rings is 1. The smallest absolute Gasteiger partial charge is 0.257 e. The van der Waals surface area contributed by atoms with Crippen molar-refractivity contribution in [1.29, 1.82) is 0 Å². The molecule has 2 fully saturated rings. The van der Waals surface area contributed by atoms with Crippen LogP contribution in [0.3, 0.4) is 0 Å². The van der Waals surface area contributed by atoms with E-state index in [0.29, 0.717) is 12.6 Å². The Morgan fingerprint density at radius 3 is 2.82 bits per heavy atom. The number of aryl methyl sites for hydroxylation is 1. The molecule has 0 spiro atoms. The fourth-order valence-electron chi connectivity index (χ4n) is 5.49. The second-order valence-corrected chi connectivity index (χ2v) is 10.0. The third-order valence-corrected chi connectivity index (χ3v) is 7.42. The molecule has 34 heavy (non-hydrogen) atoms. The molecule has 1 aliphatic carbocycles. The maximum atomic E-state index is 12.9. The van der Waals surface area contributed by atoms with Crippen molar-refractivity contribution < 1.29 is 14.5 Å². The van der Waals surface area contributed by atoms with Crippen molar-refractivity contribution in [3.63, 3.8) is 0 Å². The lowest BCUT2D eigenvalue weighted by Gasteiger charge is -2.25.